The van der Waals surface area contributed by atoms with Gasteiger partial charge in [0.25, 0.3) is 0 Å². The number of methoxy groups -OCH3 is 1. The minimum atomic E-state index is -0.521. The standard InChI is InChI=1S/C11H12FO2/c1-7(2)8-4-9(11(13)14-3)6-10(12)5-8/h4-6H,1-3H3. The molecule has 0 N–H and O–H groups in total. The molecule has 0 unspecified atom stereocenters. The van der Waals surface area contributed by atoms with Crippen molar-refractivity contribution in [1.29, 1.82) is 0 Å². The highest BCUT2D eigenvalue weighted by Crippen LogP contribution is 2.17. The largest absolute Gasteiger partial charge is 0.465 e. The van der Waals surface area contributed by atoms with E-state index in [0.717, 1.165) is 12.0 Å². The van der Waals surface area contributed by atoms with Gasteiger partial charge in [-0.1, -0.05) is 13.8 Å². The summed E-state index contributed by atoms with van der Waals surface area (Å²) in [4.78, 5) is 11.1. The SMILES string of the molecule is COC(=O)c1cc(F)cc([C](C)C)c1. The van der Waals surface area contributed by atoms with Crippen molar-refractivity contribution in [1.82, 2.24) is 0 Å². The molecular weight excluding hydrogens is 183 g/mol. The third-order valence-corrected chi connectivity index (χ3v) is 1.90. The van der Waals surface area contributed by atoms with E-state index in [1.165, 1.54) is 13.2 Å². The van der Waals surface area contributed by atoms with Crippen LogP contribution in [0, 0.1) is 11.7 Å². The van der Waals surface area contributed by atoms with Crippen LogP contribution >= 0.6 is 0 Å². The summed E-state index contributed by atoms with van der Waals surface area (Å²) in [6, 6.07) is 4.17. The van der Waals surface area contributed by atoms with Gasteiger partial charge in [-0.15, -0.1) is 0 Å². The molecule has 1 rings (SSSR count). The number of esters is 1. The molecule has 0 atom stereocenters. The molecule has 0 aliphatic carbocycles. The highest BCUT2D eigenvalue weighted by Gasteiger charge is 2.10. The van der Waals surface area contributed by atoms with E-state index in [9.17, 15) is 9.18 Å². The number of carbonyl (C=O) groups excluding carboxylic acids is 1. The van der Waals surface area contributed by atoms with Crippen molar-refractivity contribution < 1.29 is 13.9 Å². The number of carbonyl (C=O) groups is 1. The van der Waals surface area contributed by atoms with Crippen LogP contribution in [0.2, 0.25) is 0 Å². The van der Waals surface area contributed by atoms with Gasteiger partial charge in [0.2, 0.25) is 0 Å². The quantitative estimate of drug-likeness (QED) is 0.678. The molecule has 0 amide bonds. The first-order chi connectivity index (χ1) is 6.54. The Morgan fingerprint density at radius 1 is 1.21 bits per heavy atom. The van der Waals surface area contributed by atoms with E-state index in [1.54, 1.807) is 6.07 Å². The summed E-state index contributed by atoms with van der Waals surface area (Å²) in [5, 5.41) is 0. The van der Waals surface area contributed by atoms with Gasteiger partial charge in [0.05, 0.1) is 12.7 Å². The Morgan fingerprint density at radius 3 is 2.29 bits per heavy atom. The highest BCUT2D eigenvalue weighted by atomic mass is 19.1. The first-order valence-electron chi connectivity index (χ1n) is 4.24. The Kier molecular flexibility index (Phi) is 3.23. The fraction of sp³-hybridized carbons (Fsp3) is 0.273. The number of hydrogen-bond donors (Lipinski definition) is 0. The van der Waals surface area contributed by atoms with Crippen LogP contribution in [-0.4, -0.2) is 13.1 Å². The lowest BCUT2D eigenvalue weighted by Crippen LogP contribution is -2.03. The average Bonchev–Trinajstić information content (AvgIpc) is 2.15. The molecule has 14 heavy (non-hydrogen) atoms. The molecular formula is C11H12FO2. The first-order valence-corrected chi connectivity index (χ1v) is 4.24. The van der Waals surface area contributed by atoms with Crippen LogP contribution in [0.5, 0.6) is 0 Å². The minimum Gasteiger partial charge on any atom is -0.465 e. The highest BCUT2D eigenvalue weighted by molar-refractivity contribution is 5.89. The molecule has 0 heterocycles. The fourth-order valence-electron chi connectivity index (χ4n) is 1.11. The lowest BCUT2D eigenvalue weighted by atomic mass is 10.0. The van der Waals surface area contributed by atoms with Crippen molar-refractivity contribution in [3.63, 3.8) is 0 Å². The smallest absolute Gasteiger partial charge is 0.337 e. The van der Waals surface area contributed by atoms with Crippen LogP contribution in [0.4, 0.5) is 4.39 Å². The monoisotopic (exact) mass is 195 g/mol. The van der Waals surface area contributed by atoms with Crippen LogP contribution in [-0.2, 0) is 4.74 Å². The molecule has 1 aromatic rings. The Balaban J connectivity index is 3.13. The second kappa shape index (κ2) is 4.22. The number of benzene rings is 1. The maximum Gasteiger partial charge on any atom is 0.337 e. The van der Waals surface area contributed by atoms with E-state index in [2.05, 4.69) is 4.74 Å². The lowest BCUT2D eigenvalue weighted by Gasteiger charge is -2.07. The van der Waals surface area contributed by atoms with E-state index in [0.29, 0.717) is 5.56 Å². The number of hydrogen-bond acceptors (Lipinski definition) is 2. The predicted molar refractivity (Wildman–Crippen MR) is 51.4 cm³/mol. The second-order valence-corrected chi connectivity index (χ2v) is 3.22. The van der Waals surface area contributed by atoms with Gasteiger partial charge in [0.15, 0.2) is 0 Å². The van der Waals surface area contributed by atoms with Crippen LogP contribution in [0.3, 0.4) is 0 Å². The molecule has 1 aromatic carbocycles. The zero-order chi connectivity index (χ0) is 10.7. The summed E-state index contributed by atoms with van der Waals surface area (Å²) in [7, 11) is 1.27. The molecule has 0 saturated carbocycles. The van der Waals surface area contributed by atoms with Crippen molar-refractivity contribution in [2.24, 2.45) is 0 Å². The topological polar surface area (TPSA) is 26.3 Å². The van der Waals surface area contributed by atoms with Crippen molar-refractivity contribution in [2.45, 2.75) is 13.8 Å². The maximum atomic E-state index is 13.1. The van der Waals surface area contributed by atoms with Crippen LogP contribution < -0.4 is 0 Å². The van der Waals surface area contributed by atoms with Gasteiger partial charge in [-0.3, -0.25) is 0 Å². The maximum absolute atomic E-state index is 13.1. The van der Waals surface area contributed by atoms with Gasteiger partial charge < -0.3 is 4.74 Å². The van der Waals surface area contributed by atoms with Gasteiger partial charge in [-0.05, 0) is 29.7 Å². The van der Waals surface area contributed by atoms with Gasteiger partial charge >= 0.3 is 5.97 Å². The summed E-state index contributed by atoms with van der Waals surface area (Å²) < 4.78 is 17.6. The molecule has 1 radical (unpaired) electrons. The summed E-state index contributed by atoms with van der Waals surface area (Å²) in [5.74, 6) is 0.00533. The molecule has 0 bridgehead atoms. The van der Waals surface area contributed by atoms with E-state index in [4.69, 9.17) is 0 Å². The summed E-state index contributed by atoms with van der Waals surface area (Å²) >= 11 is 0. The van der Waals surface area contributed by atoms with Gasteiger partial charge in [-0.25, -0.2) is 9.18 Å². The third kappa shape index (κ3) is 2.31. The molecule has 3 heteroatoms. The average molecular weight is 195 g/mol. The zero-order valence-corrected chi connectivity index (χ0v) is 8.43. The Hall–Kier alpha value is -1.38. The Morgan fingerprint density at radius 2 is 1.79 bits per heavy atom. The third-order valence-electron chi connectivity index (χ3n) is 1.90. The fourth-order valence-corrected chi connectivity index (χ4v) is 1.11. The number of rotatable bonds is 2. The van der Waals surface area contributed by atoms with Crippen LogP contribution in [0.1, 0.15) is 29.8 Å². The van der Waals surface area contributed by atoms with E-state index >= 15 is 0 Å². The normalized spacial score (nSPS) is 10.4. The van der Waals surface area contributed by atoms with Crippen molar-refractivity contribution in [2.75, 3.05) is 7.11 Å². The second-order valence-electron chi connectivity index (χ2n) is 3.22. The van der Waals surface area contributed by atoms with Gasteiger partial charge in [-0.2, -0.15) is 0 Å². The van der Waals surface area contributed by atoms with E-state index < -0.39 is 11.8 Å². The van der Waals surface area contributed by atoms with Gasteiger partial charge in [0.1, 0.15) is 5.82 Å². The molecule has 0 aromatic heterocycles. The molecule has 0 spiro atoms. The number of ether oxygens (including phenoxy) is 1. The molecule has 0 fully saturated rings. The Bertz CT molecular complexity index is 345. The van der Waals surface area contributed by atoms with Gasteiger partial charge in [0, 0.05) is 0 Å². The molecule has 2 nitrogen and oxygen atoms in total. The molecule has 0 saturated heterocycles. The molecule has 0 aliphatic rings. The van der Waals surface area contributed by atoms with Crippen molar-refractivity contribution in [3.8, 4) is 0 Å². The van der Waals surface area contributed by atoms with Crippen molar-refractivity contribution in [3.05, 3.63) is 41.1 Å². The molecule has 0 aliphatic heterocycles. The van der Waals surface area contributed by atoms with Crippen LogP contribution in [0.15, 0.2) is 18.2 Å². The van der Waals surface area contributed by atoms with Crippen LogP contribution in [0.25, 0.3) is 0 Å². The summed E-state index contributed by atoms with van der Waals surface area (Å²) in [6.45, 7) is 3.71. The predicted octanol–water partition coefficient (Wildman–Crippen LogP) is 2.57. The zero-order valence-electron chi connectivity index (χ0n) is 8.43. The lowest BCUT2D eigenvalue weighted by molar-refractivity contribution is 0.0600. The summed E-state index contributed by atoms with van der Waals surface area (Å²) in [6.07, 6.45) is 0. The van der Waals surface area contributed by atoms with E-state index in [-0.39, 0.29) is 5.56 Å². The number of halogens is 1. The summed E-state index contributed by atoms with van der Waals surface area (Å²) in [5.41, 5.74) is 0.953. The van der Waals surface area contributed by atoms with Crippen molar-refractivity contribution >= 4 is 5.97 Å². The minimum absolute atomic E-state index is 0.240. The van der Waals surface area contributed by atoms with E-state index in [1.807, 2.05) is 13.8 Å². The Labute approximate surface area is 82.7 Å². The molecule has 75 valence electrons. The first kappa shape index (κ1) is 10.7.